The van der Waals surface area contributed by atoms with Crippen LogP contribution in [0.1, 0.15) is 11.5 Å². The molecule has 4 rings (SSSR count). The van der Waals surface area contributed by atoms with Gasteiger partial charge in [-0.25, -0.2) is 0 Å². The second-order valence-corrected chi connectivity index (χ2v) is 5.60. The van der Waals surface area contributed by atoms with Gasteiger partial charge in [0.2, 0.25) is 5.89 Å². The quantitative estimate of drug-likeness (QED) is 0.566. The minimum Gasteiger partial charge on any atom is -0.420 e. The average Bonchev–Trinajstić information content (AvgIpc) is 3.17. The number of rotatable bonds is 4. The van der Waals surface area contributed by atoms with Crippen LogP contribution in [0, 0.1) is 6.92 Å². The maximum atomic E-state index is 5.65. The Hall–Kier alpha value is -2.88. The van der Waals surface area contributed by atoms with Crippen molar-refractivity contribution in [2.24, 2.45) is 0 Å². The molecular formula is C19H17N3O. The van der Waals surface area contributed by atoms with Gasteiger partial charge in [0.25, 0.3) is 5.89 Å². The molecule has 0 radical (unpaired) electrons. The Balaban J connectivity index is 1.76. The van der Waals surface area contributed by atoms with E-state index in [0.29, 0.717) is 11.8 Å². The van der Waals surface area contributed by atoms with Gasteiger partial charge >= 0.3 is 0 Å². The van der Waals surface area contributed by atoms with E-state index in [4.69, 9.17) is 4.42 Å². The molecule has 0 saturated carbocycles. The van der Waals surface area contributed by atoms with Crippen molar-refractivity contribution in [2.45, 2.75) is 19.9 Å². The molecule has 114 valence electrons. The molecule has 2 heterocycles. The molecule has 0 unspecified atom stereocenters. The highest BCUT2D eigenvalue weighted by Crippen LogP contribution is 2.27. The van der Waals surface area contributed by atoms with Crippen LogP contribution in [0.5, 0.6) is 0 Å². The number of hydrogen-bond acceptors (Lipinski definition) is 3. The maximum absolute atomic E-state index is 5.65. The number of fused-ring (bicyclic) bond motifs is 1. The summed E-state index contributed by atoms with van der Waals surface area (Å²) >= 11 is 0. The molecule has 0 bridgehead atoms. The summed E-state index contributed by atoms with van der Waals surface area (Å²) in [5.41, 5.74) is 3.48. The summed E-state index contributed by atoms with van der Waals surface area (Å²) in [6.07, 6.45) is 0.958. The predicted molar refractivity (Wildman–Crippen MR) is 90.1 cm³/mol. The third-order valence-electron chi connectivity index (χ3n) is 4.02. The Labute approximate surface area is 134 Å². The molecule has 2 aromatic carbocycles. The van der Waals surface area contributed by atoms with E-state index in [0.717, 1.165) is 18.7 Å². The van der Waals surface area contributed by atoms with Gasteiger partial charge in [-0.3, -0.25) is 0 Å². The zero-order chi connectivity index (χ0) is 15.6. The van der Waals surface area contributed by atoms with Crippen molar-refractivity contribution >= 4 is 10.9 Å². The molecule has 2 aromatic heterocycles. The average molecular weight is 303 g/mol. The summed E-state index contributed by atoms with van der Waals surface area (Å²) in [4.78, 5) is 0. The van der Waals surface area contributed by atoms with Gasteiger partial charge in [-0.05, 0) is 24.1 Å². The summed E-state index contributed by atoms with van der Waals surface area (Å²) in [5, 5.41) is 9.34. The molecule has 0 amide bonds. The summed E-state index contributed by atoms with van der Waals surface area (Å²) in [6, 6.07) is 21.0. The Morgan fingerprint density at radius 2 is 1.74 bits per heavy atom. The highest BCUT2D eigenvalue weighted by molar-refractivity contribution is 5.85. The maximum Gasteiger partial charge on any atom is 0.264 e. The van der Waals surface area contributed by atoms with Crippen molar-refractivity contribution < 1.29 is 4.42 Å². The molecule has 4 heteroatoms. The molecule has 0 saturated heterocycles. The van der Waals surface area contributed by atoms with Crippen molar-refractivity contribution in [2.75, 3.05) is 0 Å². The standard InChI is InChI=1S/C19H17N3O/c1-14-20-21-19(23-14)18-13-16-9-5-6-10-17(16)22(18)12-11-15-7-3-2-4-8-15/h2-10,13H,11-12H2,1H3. The zero-order valence-corrected chi connectivity index (χ0v) is 12.9. The summed E-state index contributed by atoms with van der Waals surface area (Å²) in [6.45, 7) is 2.68. The van der Waals surface area contributed by atoms with Gasteiger partial charge in [0, 0.05) is 24.4 Å². The predicted octanol–water partition coefficient (Wildman–Crippen LogP) is 4.24. The van der Waals surface area contributed by atoms with Crippen LogP contribution < -0.4 is 0 Å². The van der Waals surface area contributed by atoms with Crippen molar-refractivity contribution in [3.63, 3.8) is 0 Å². The van der Waals surface area contributed by atoms with Crippen LogP contribution >= 0.6 is 0 Å². The molecular weight excluding hydrogens is 286 g/mol. The smallest absolute Gasteiger partial charge is 0.264 e. The largest absolute Gasteiger partial charge is 0.420 e. The minimum atomic E-state index is 0.576. The number of para-hydroxylation sites is 1. The fourth-order valence-corrected chi connectivity index (χ4v) is 2.91. The number of benzene rings is 2. The van der Waals surface area contributed by atoms with Gasteiger partial charge in [-0.15, -0.1) is 10.2 Å². The highest BCUT2D eigenvalue weighted by Gasteiger charge is 2.15. The summed E-state index contributed by atoms with van der Waals surface area (Å²) in [7, 11) is 0. The lowest BCUT2D eigenvalue weighted by molar-refractivity contribution is 0.526. The van der Waals surface area contributed by atoms with E-state index in [1.807, 2.05) is 19.1 Å². The first-order valence-corrected chi connectivity index (χ1v) is 7.74. The number of hydrogen-bond donors (Lipinski definition) is 0. The fraction of sp³-hybridized carbons (Fsp3) is 0.158. The molecule has 23 heavy (non-hydrogen) atoms. The van der Waals surface area contributed by atoms with Crippen LogP contribution in [-0.4, -0.2) is 14.8 Å². The molecule has 4 nitrogen and oxygen atoms in total. The van der Waals surface area contributed by atoms with Crippen LogP contribution in [0.4, 0.5) is 0 Å². The monoisotopic (exact) mass is 303 g/mol. The first kappa shape index (κ1) is 13.8. The number of nitrogens with zero attached hydrogens (tertiary/aromatic N) is 3. The van der Waals surface area contributed by atoms with E-state index in [1.54, 1.807) is 0 Å². The van der Waals surface area contributed by atoms with Gasteiger partial charge in [-0.1, -0.05) is 48.5 Å². The Morgan fingerprint density at radius 3 is 2.52 bits per heavy atom. The van der Waals surface area contributed by atoms with Crippen LogP contribution in [0.15, 0.2) is 65.1 Å². The van der Waals surface area contributed by atoms with Crippen LogP contribution in [0.25, 0.3) is 22.5 Å². The Morgan fingerprint density at radius 1 is 0.957 bits per heavy atom. The lowest BCUT2D eigenvalue weighted by atomic mass is 10.1. The molecule has 0 fully saturated rings. The Kier molecular flexibility index (Phi) is 3.42. The molecule has 0 aliphatic heterocycles. The third kappa shape index (κ3) is 2.63. The van der Waals surface area contributed by atoms with Crippen LogP contribution in [-0.2, 0) is 13.0 Å². The van der Waals surface area contributed by atoms with Crippen LogP contribution in [0.3, 0.4) is 0 Å². The summed E-state index contributed by atoms with van der Waals surface area (Å²) < 4.78 is 7.91. The van der Waals surface area contributed by atoms with Gasteiger partial charge in [0.1, 0.15) is 5.69 Å². The number of aryl methyl sites for hydroxylation is 3. The van der Waals surface area contributed by atoms with E-state index in [-0.39, 0.29) is 0 Å². The molecule has 0 aliphatic rings. The topological polar surface area (TPSA) is 43.9 Å². The van der Waals surface area contributed by atoms with Gasteiger partial charge in [0.15, 0.2) is 0 Å². The SMILES string of the molecule is Cc1nnc(-c2cc3ccccc3n2CCc2ccccc2)o1. The molecule has 0 N–H and O–H groups in total. The van der Waals surface area contributed by atoms with Gasteiger partial charge in [0.05, 0.1) is 0 Å². The van der Waals surface area contributed by atoms with Crippen molar-refractivity contribution in [3.05, 3.63) is 72.1 Å². The van der Waals surface area contributed by atoms with E-state index in [9.17, 15) is 0 Å². The van der Waals surface area contributed by atoms with Crippen molar-refractivity contribution in [1.29, 1.82) is 0 Å². The van der Waals surface area contributed by atoms with Gasteiger partial charge in [-0.2, -0.15) is 0 Å². The van der Waals surface area contributed by atoms with E-state index < -0.39 is 0 Å². The van der Waals surface area contributed by atoms with E-state index in [2.05, 4.69) is 63.3 Å². The lowest BCUT2D eigenvalue weighted by Gasteiger charge is -2.09. The van der Waals surface area contributed by atoms with E-state index in [1.165, 1.54) is 16.5 Å². The second-order valence-electron chi connectivity index (χ2n) is 5.60. The molecule has 0 aliphatic carbocycles. The first-order valence-electron chi connectivity index (χ1n) is 7.74. The number of aromatic nitrogens is 3. The zero-order valence-electron chi connectivity index (χ0n) is 12.9. The second kappa shape index (κ2) is 5.72. The summed E-state index contributed by atoms with van der Waals surface area (Å²) in [5.74, 6) is 1.16. The lowest BCUT2D eigenvalue weighted by Crippen LogP contribution is -2.03. The van der Waals surface area contributed by atoms with Crippen molar-refractivity contribution in [1.82, 2.24) is 14.8 Å². The molecule has 0 atom stereocenters. The molecule has 0 spiro atoms. The van der Waals surface area contributed by atoms with Crippen molar-refractivity contribution in [3.8, 4) is 11.6 Å². The third-order valence-corrected chi connectivity index (χ3v) is 4.02. The normalized spacial score (nSPS) is 11.2. The fourth-order valence-electron chi connectivity index (χ4n) is 2.91. The molecule has 4 aromatic rings. The van der Waals surface area contributed by atoms with Gasteiger partial charge < -0.3 is 8.98 Å². The Bertz CT molecular complexity index is 938. The minimum absolute atomic E-state index is 0.576. The van der Waals surface area contributed by atoms with E-state index >= 15 is 0 Å². The first-order chi connectivity index (χ1) is 11.3. The van der Waals surface area contributed by atoms with Crippen LogP contribution in [0.2, 0.25) is 0 Å². The highest BCUT2D eigenvalue weighted by atomic mass is 16.4.